The van der Waals surface area contributed by atoms with E-state index in [4.69, 9.17) is 9.26 Å². The minimum Gasteiger partial charge on any atom is -0.379 e. The average Bonchev–Trinajstić information content (AvgIpc) is 2.90. The van der Waals surface area contributed by atoms with Gasteiger partial charge in [-0.15, -0.1) is 0 Å². The average molecular weight is 321 g/mol. The molecule has 1 unspecified atom stereocenters. The van der Waals surface area contributed by atoms with E-state index in [0.29, 0.717) is 12.3 Å². The van der Waals surface area contributed by atoms with Gasteiger partial charge in [0.1, 0.15) is 11.5 Å². The lowest BCUT2D eigenvalue weighted by Gasteiger charge is -2.27. The molecule has 1 atom stereocenters. The first-order valence-electron chi connectivity index (χ1n) is 8.67. The van der Waals surface area contributed by atoms with Crippen LogP contribution in [0, 0.1) is 5.92 Å². The van der Waals surface area contributed by atoms with E-state index in [2.05, 4.69) is 29.2 Å². The highest BCUT2D eigenvalue weighted by atomic mass is 16.5. The third-order valence-corrected chi connectivity index (χ3v) is 4.56. The van der Waals surface area contributed by atoms with Crippen molar-refractivity contribution >= 4 is 5.91 Å². The molecule has 1 aromatic rings. The molecule has 0 spiro atoms. The largest absolute Gasteiger partial charge is 0.379 e. The van der Waals surface area contributed by atoms with Crippen molar-refractivity contribution < 1.29 is 14.1 Å². The van der Waals surface area contributed by atoms with Gasteiger partial charge in [-0.25, -0.2) is 0 Å². The van der Waals surface area contributed by atoms with Crippen LogP contribution in [0.4, 0.5) is 0 Å². The Labute approximate surface area is 137 Å². The summed E-state index contributed by atoms with van der Waals surface area (Å²) in [4.78, 5) is 14.4. The molecule has 1 aliphatic heterocycles. The molecule has 2 heterocycles. The molecule has 1 amide bonds. The minimum absolute atomic E-state index is 0.152. The lowest BCUT2D eigenvalue weighted by Crippen LogP contribution is -2.40. The Kier molecular flexibility index (Phi) is 5.33. The molecule has 6 heteroatoms. The zero-order valence-corrected chi connectivity index (χ0v) is 14.1. The Morgan fingerprint density at radius 1 is 1.39 bits per heavy atom. The Morgan fingerprint density at radius 3 is 2.91 bits per heavy atom. The van der Waals surface area contributed by atoms with Gasteiger partial charge >= 0.3 is 0 Å². The van der Waals surface area contributed by atoms with Crippen LogP contribution in [-0.4, -0.2) is 48.3 Å². The van der Waals surface area contributed by atoms with Crippen molar-refractivity contribution in [2.45, 2.75) is 52.1 Å². The van der Waals surface area contributed by atoms with Crippen molar-refractivity contribution in [2.24, 2.45) is 5.92 Å². The summed E-state index contributed by atoms with van der Waals surface area (Å²) in [5.74, 6) is 1.55. The van der Waals surface area contributed by atoms with E-state index >= 15 is 0 Å². The van der Waals surface area contributed by atoms with Crippen LogP contribution in [0.5, 0.6) is 0 Å². The number of aryl methyl sites for hydroxylation is 1. The monoisotopic (exact) mass is 321 g/mol. The summed E-state index contributed by atoms with van der Waals surface area (Å²) in [6, 6.07) is 0.205. The van der Waals surface area contributed by atoms with E-state index in [1.807, 2.05) is 0 Å². The van der Waals surface area contributed by atoms with E-state index in [0.717, 1.165) is 63.6 Å². The molecule has 0 radical (unpaired) electrons. The van der Waals surface area contributed by atoms with Gasteiger partial charge in [-0.2, -0.15) is 0 Å². The van der Waals surface area contributed by atoms with Crippen LogP contribution in [0.15, 0.2) is 4.52 Å². The van der Waals surface area contributed by atoms with Gasteiger partial charge in [-0.1, -0.05) is 19.0 Å². The first kappa shape index (κ1) is 16.5. The van der Waals surface area contributed by atoms with Crippen molar-refractivity contribution in [3.05, 3.63) is 17.0 Å². The van der Waals surface area contributed by atoms with Crippen LogP contribution in [0.2, 0.25) is 0 Å². The van der Waals surface area contributed by atoms with Crippen LogP contribution in [0.1, 0.15) is 43.7 Å². The quantitative estimate of drug-likeness (QED) is 0.891. The van der Waals surface area contributed by atoms with Gasteiger partial charge in [0.25, 0.3) is 0 Å². The van der Waals surface area contributed by atoms with Crippen molar-refractivity contribution in [2.75, 3.05) is 26.3 Å². The second-order valence-corrected chi connectivity index (χ2v) is 7.02. The zero-order valence-electron chi connectivity index (χ0n) is 14.1. The number of amides is 1. The fourth-order valence-corrected chi connectivity index (χ4v) is 3.34. The third kappa shape index (κ3) is 4.32. The smallest absolute Gasteiger partial charge is 0.220 e. The Hall–Kier alpha value is -1.40. The second-order valence-electron chi connectivity index (χ2n) is 7.02. The number of rotatable bonds is 5. The van der Waals surface area contributed by atoms with Crippen LogP contribution < -0.4 is 5.32 Å². The number of ether oxygens (including phenoxy) is 1. The molecule has 1 fully saturated rings. The lowest BCUT2D eigenvalue weighted by molar-refractivity contribution is -0.122. The van der Waals surface area contributed by atoms with Gasteiger partial charge in [0.05, 0.1) is 13.2 Å². The molecule has 0 saturated carbocycles. The topological polar surface area (TPSA) is 67.6 Å². The highest BCUT2D eigenvalue weighted by molar-refractivity contribution is 5.76. The summed E-state index contributed by atoms with van der Waals surface area (Å²) in [5.41, 5.74) is 2.24. The fraction of sp³-hybridized carbons (Fsp3) is 0.765. The number of hydrogen-bond donors (Lipinski definition) is 1. The standard InChI is InChI=1S/C17H27N3O3/c1-12(2)9-17(21)18-13-3-4-16-14(10-13)15(19-23-16)11-20-5-7-22-8-6-20/h12-13H,3-11H2,1-2H3,(H,18,21). The minimum atomic E-state index is 0.152. The molecule has 6 nitrogen and oxygen atoms in total. The number of fused-ring (bicyclic) bond motifs is 1. The predicted octanol–water partition coefficient (Wildman–Crippen LogP) is 1.53. The van der Waals surface area contributed by atoms with E-state index in [1.165, 1.54) is 5.56 Å². The van der Waals surface area contributed by atoms with Crippen molar-refractivity contribution in [1.29, 1.82) is 0 Å². The maximum atomic E-state index is 12.0. The first-order chi connectivity index (χ1) is 11.1. The normalized spacial score (nSPS) is 22.1. The molecule has 1 aromatic heterocycles. The summed E-state index contributed by atoms with van der Waals surface area (Å²) in [6.45, 7) is 8.40. The number of carbonyl (C=O) groups is 1. The molecular formula is C17H27N3O3. The molecule has 1 aliphatic carbocycles. The van der Waals surface area contributed by atoms with Gasteiger partial charge in [-0.05, 0) is 18.8 Å². The number of nitrogens with one attached hydrogen (secondary N) is 1. The van der Waals surface area contributed by atoms with Crippen LogP contribution in [-0.2, 0) is 28.9 Å². The zero-order chi connectivity index (χ0) is 16.2. The van der Waals surface area contributed by atoms with Crippen LogP contribution in [0.3, 0.4) is 0 Å². The molecule has 128 valence electrons. The maximum Gasteiger partial charge on any atom is 0.220 e. The number of hydrogen-bond acceptors (Lipinski definition) is 5. The van der Waals surface area contributed by atoms with Crippen molar-refractivity contribution in [3.63, 3.8) is 0 Å². The van der Waals surface area contributed by atoms with Crippen molar-refractivity contribution in [3.8, 4) is 0 Å². The van der Waals surface area contributed by atoms with Gasteiger partial charge in [0, 0.05) is 44.1 Å². The summed E-state index contributed by atoms with van der Waals surface area (Å²) in [5, 5.41) is 7.45. The molecule has 0 aromatic carbocycles. The predicted molar refractivity (Wildman–Crippen MR) is 86.0 cm³/mol. The maximum absolute atomic E-state index is 12.0. The highest BCUT2D eigenvalue weighted by Gasteiger charge is 2.27. The summed E-state index contributed by atoms with van der Waals surface area (Å²) >= 11 is 0. The molecule has 1 N–H and O–H groups in total. The summed E-state index contributed by atoms with van der Waals surface area (Å²) < 4.78 is 10.9. The van der Waals surface area contributed by atoms with E-state index in [9.17, 15) is 4.79 Å². The molecule has 0 bridgehead atoms. The van der Waals surface area contributed by atoms with E-state index < -0.39 is 0 Å². The molecule has 1 saturated heterocycles. The van der Waals surface area contributed by atoms with Crippen LogP contribution in [0.25, 0.3) is 0 Å². The van der Waals surface area contributed by atoms with E-state index in [1.54, 1.807) is 0 Å². The Morgan fingerprint density at radius 2 is 2.17 bits per heavy atom. The van der Waals surface area contributed by atoms with Crippen LogP contribution >= 0.6 is 0 Å². The second kappa shape index (κ2) is 7.45. The summed E-state index contributed by atoms with van der Waals surface area (Å²) in [7, 11) is 0. The number of carbonyl (C=O) groups excluding carboxylic acids is 1. The molecule has 3 rings (SSSR count). The summed E-state index contributed by atoms with van der Waals surface area (Å²) in [6.07, 6.45) is 3.22. The van der Waals surface area contributed by atoms with Gasteiger partial charge in [0.15, 0.2) is 0 Å². The van der Waals surface area contributed by atoms with Gasteiger partial charge in [0.2, 0.25) is 5.91 Å². The highest BCUT2D eigenvalue weighted by Crippen LogP contribution is 2.26. The lowest BCUT2D eigenvalue weighted by atomic mass is 9.91. The molecular weight excluding hydrogens is 294 g/mol. The van der Waals surface area contributed by atoms with Gasteiger partial charge in [-0.3, -0.25) is 9.69 Å². The van der Waals surface area contributed by atoms with E-state index in [-0.39, 0.29) is 11.9 Å². The fourth-order valence-electron chi connectivity index (χ4n) is 3.34. The van der Waals surface area contributed by atoms with Gasteiger partial charge < -0.3 is 14.6 Å². The number of morpholine rings is 1. The third-order valence-electron chi connectivity index (χ3n) is 4.56. The Bertz CT molecular complexity index is 535. The molecule has 23 heavy (non-hydrogen) atoms. The number of nitrogens with zero attached hydrogens (tertiary/aromatic N) is 2. The Balaban J connectivity index is 1.60. The molecule has 2 aliphatic rings. The number of aromatic nitrogens is 1. The SMILES string of the molecule is CC(C)CC(=O)NC1CCc2onc(CN3CCOCC3)c2C1. The van der Waals surface area contributed by atoms with Crippen molar-refractivity contribution in [1.82, 2.24) is 15.4 Å². The first-order valence-corrected chi connectivity index (χ1v) is 8.67.